The number of furan rings is 1. The van der Waals surface area contributed by atoms with Crippen LogP contribution in [0.15, 0.2) is 192 Å². The van der Waals surface area contributed by atoms with Crippen molar-refractivity contribution in [3.63, 3.8) is 0 Å². The van der Waals surface area contributed by atoms with Crippen LogP contribution >= 0.6 is 0 Å². The second kappa shape index (κ2) is 11.5. The summed E-state index contributed by atoms with van der Waals surface area (Å²) in [5, 5.41) is 9.56. The first kappa shape index (κ1) is 28.4. The van der Waals surface area contributed by atoms with E-state index in [1.54, 1.807) is 0 Å². The van der Waals surface area contributed by atoms with Crippen LogP contribution in [-0.4, -0.2) is 0 Å². The highest BCUT2D eigenvalue weighted by molar-refractivity contribution is 6.11. The van der Waals surface area contributed by atoms with Gasteiger partial charge in [0.2, 0.25) is 0 Å². The molecule has 2 heteroatoms. The minimum Gasteiger partial charge on any atom is -0.456 e. The van der Waals surface area contributed by atoms with Gasteiger partial charge in [-0.15, -0.1) is 0 Å². The molecule has 0 saturated heterocycles. The van der Waals surface area contributed by atoms with Crippen LogP contribution in [0.25, 0.3) is 76.5 Å². The summed E-state index contributed by atoms with van der Waals surface area (Å²) in [5.74, 6) is 0. The number of hydrogen-bond acceptors (Lipinski definition) is 2. The lowest BCUT2D eigenvalue weighted by Gasteiger charge is -2.28. The van der Waals surface area contributed by atoms with Gasteiger partial charge in [-0.2, -0.15) is 0 Å². The minimum absolute atomic E-state index is 0.894. The monoisotopic (exact) mass is 637 g/mol. The van der Waals surface area contributed by atoms with E-state index in [0.29, 0.717) is 0 Å². The van der Waals surface area contributed by atoms with Gasteiger partial charge in [-0.1, -0.05) is 133 Å². The van der Waals surface area contributed by atoms with Crippen molar-refractivity contribution in [2.75, 3.05) is 4.90 Å². The maximum Gasteiger partial charge on any atom is 0.136 e. The van der Waals surface area contributed by atoms with Gasteiger partial charge in [0.05, 0.1) is 5.69 Å². The number of rotatable bonds is 5. The number of nitrogens with zero attached hydrogens (tertiary/aromatic N) is 1. The van der Waals surface area contributed by atoms with Gasteiger partial charge in [0.1, 0.15) is 11.2 Å². The van der Waals surface area contributed by atoms with Gasteiger partial charge in [0, 0.05) is 27.7 Å². The van der Waals surface area contributed by atoms with Crippen LogP contribution in [0, 0.1) is 0 Å². The van der Waals surface area contributed by atoms with Crippen molar-refractivity contribution < 1.29 is 4.42 Å². The van der Waals surface area contributed by atoms with Gasteiger partial charge in [-0.05, 0) is 104 Å². The number of hydrogen-bond donors (Lipinski definition) is 0. The predicted molar refractivity (Wildman–Crippen MR) is 212 cm³/mol. The Morgan fingerprint density at radius 3 is 1.82 bits per heavy atom. The molecular weight excluding hydrogens is 607 g/mol. The average molecular weight is 638 g/mol. The number of benzene rings is 9. The van der Waals surface area contributed by atoms with Gasteiger partial charge >= 0.3 is 0 Å². The van der Waals surface area contributed by atoms with Gasteiger partial charge in [-0.25, -0.2) is 0 Å². The van der Waals surface area contributed by atoms with E-state index >= 15 is 0 Å². The lowest BCUT2D eigenvalue weighted by Crippen LogP contribution is -2.11. The SMILES string of the molecule is c1cc(-c2cccc3ccccc23)cc(N(c2ccc3ccccc3c2)c2ccccc2-c2ccc3oc4cc5ccccc5cc4c3c2)c1. The van der Waals surface area contributed by atoms with Crippen LogP contribution in [0.4, 0.5) is 17.1 Å². The first-order chi connectivity index (χ1) is 24.8. The zero-order chi connectivity index (χ0) is 33.0. The first-order valence-electron chi connectivity index (χ1n) is 17.1. The highest BCUT2D eigenvalue weighted by atomic mass is 16.3. The lowest BCUT2D eigenvalue weighted by molar-refractivity contribution is 0.669. The summed E-state index contributed by atoms with van der Waals surface area (Å²) in [6, 6.07) is 67.7. The van der Waals surface area contributed by atoms with Gasteiger partial charge in [0.25, 0.3) is 0 Å². The van der Waals surface area contributed by atoms with Crippen molar-refractivity contribution in [3.05, 3.63) is 188 Å². The largest absolute Gasteiger partial charge is 0.456 e. The Hall–Kier alpha value is -6.64. The molecule has 1 heterocycles. The molecule has 0 bridgehead atoms. The van der Waals surface area contributed by atoms with Crippen LogP contribution in [0.3, 0.4) is 0 Å². The molecule has 0 radical (unpaired) electrons. The summed E-state index contributed by atoms with van der Waals surface area (Å²) in [4.78, 5) is 2.40. The highest BCUT2D eigenvalue weighted by Crippen LogP contribution is 2.44. The number of fused-ring (bicyclic) bond motifs is 6. The lowest BCUT2D eigenvalue weighted by atomic mass is 9.96. The molecule has 0 amide bonds. The van der Waals surface area contributed by atoms with Crippen LogP contribution in [0.5, 0.6) is 0 Å². The summed E-state index contributed by atoms with van der Waals surface area (Å²) in [6.45, 7) is 0. The Kier molecular flexibility index (Phi) is 6.53. The molecule has 0 atom stereocenters. The van der Waals surface area contributed by atoms with Crippen molar-refractivity contribution in [3.8, 4) is 22.3 Å². The van der Waals surface area contributed by atoms with E-state index in [9.17, 15) is 0 Å². The Bertz CT molecular complexity index is 2890. The molecule has 234 valence electrons. The Morgan fingerprint density at radius 2 is 0.940 bits per heavy atom. The van der Waals surface area contributed by atoms with Crippen molar-refractivity contribution >= 4 is 71.3 Å². The van der Waals surface area contributed by atoms with E-state index in [0.717, 1.165) is 50.1 Å². The molecule has 0 unspecified atom stereocenters. The van der Waals surface area contributed by atoms with Crippen molar-refractivity contribution in [1.29, 1.82) is 0 Å². The number of para-hydroxylation sites is 1. The van der Waals surface area contributed by atoms with E-state index in [-0.39, 0.29) is 0 Å². The third-order valence-corrected chi connectivity index (χ3v) is 9.99. The van der Waals surface area contributed by atoms with Crippen molar-refractivity contribution in [2.45, 2.75) is 0 Å². The maximum atomic E-state index is 6.38. The van der Waals surface area contributed by atoms with E-state index < -0.39 is 0 Å². The summed E-state index contributed by atoms with van der Waals surface area (Å²) in [6.07, 6.45) is 0. The van der Waals surface area contributed by atoms with Gasteiger partial charge < -0.3 is 9.32 Å². The highest BCUT2D eigenvalue weighted by Gasteiger charge is 2.19. The van der Waals surface area contributed by atoms with Crippen LogP contribution in [0.2, 0.25) is 0 Å². The molecule has 0 spiro atoms. The van der Waals surface area contributed by atoms with E-state index in [1.807, 2.05) is 0 Å². The molecule has 10 rings (SSSR count). The molecular formula is C48H31NO. The molecule has 9 aromatic carbocycles. The fraction of sp³-hybridized carbons (Fsp3) is 0. The van der Waals surface area contributed by atoms with Crippen LogP contribution in [0.1, 0.15) is 0 Å². The fourth-order valence-corrected chi connectivity index (χ4v) is 7.58. The number of anilines is 3. The third-order valence-electron chi connectivity index (χ3n) is 9.99. The standard InChI is InChI=1S/C48H31NO/c1-2-13-34-27-40(25-23-32(34)11-1)49(39-18-9-17-37(28-39)42-21-10-16-33-12-5-6-19-41(33)42)46-22-8-7-20-43(46)38-24-26-47-44(30-38)45-29-35-14-3-4-15-36(35)31-48(45)50-47/h1-31H. The van der Waals surface area contributed by atoms with Crippen molar-refractivity contribution in [2.24, 2.45) is 0 Å². The van der Waals surface area contributed by atoms with Crippen LogP contribution in [-0.2, 0) is 0 Å². The minimum atomic E-state index is 0.894. The molecule has 10 aromatic rings. The molecule has 0 saturated carbocycles. The van der Waals surface area contributed by atoms with E-state index in [2.05, 4.69) is 193 Å². The normalized spacial score (nSPS) is 11.6. The van der Waals surface area contributed by atoms with E-state index in [4.69, 9.17) is 4.42 Å². The maximum absolute atomic E-state index is 6.38. The Balaban J connectivity index is 1.18. The summed E-state index contributed by atoms with van der Waals surface area (Å²) >= 11 is 0. The molecule has 50 heavy (non-hydrogen) atoms. The topological polar surface area (TPSA) is 16.4 Å². The van der Waals surface area contributed by atoms with Crippen molar-refractivity contribution in [1.82, 2.24) is 0 Å². The molecule has 1 aromatic heterocycles. The third kappa shape index (κ3) is 4.73. The molecule has 2 nitrogen and oxygen atoms in total. The molecule has 0 aliphatic heterocycles. The molecule has 0 fully saturated rings. The first-order valence-corrected chi connectivity index (χ1v) is 17.1. The van der Waals surface area contributed by atoms with Crippen LogP contribution < -0.4 is 4.90 Å². The predicted octanol–water partition coefficient (Wildman–Crippen LogP) is 13.8. The molecule has 0 N–H and O–H groups in total. The summed E-state index contributed by atoms with van der Waals surface area (Å²) < 4.78 is 6.38. The van der Waals surface area contributed by atoms with Gasteiger partial charge in [0.15, 0.2) is 0 Å². The summed E-state index contributed by atoms with van der Waals surface area (Å²) in [5.41, 5.74) is 9.80. The summed E-state index contributed by atoms with van der Waals surface area (Å²) in [7, 11) is 0. The Labute approximate surface area is 290 Å². The Morgan fingerprint density at radius 1 is 0.320 bits per heavy atom. The molecule has 0 aliphatic carbocycles. The second-order valence-corrected chi connectivity index (χ2v) is 13.0. The zero-order valence-electron chi connectivity index (χ0n) is 27.3. The van der Waals surface area contributed by atoms with E-state index in [1.165, 1.54) is 43.4 Å². The zero-order valence-corrected chi connectivity index (χ0v) is 27.3. The fourth-order valence-electron chi connectivity index (χ4n) is 7.58. The smallest absolute Gasteiger partial charge is 0.136 e. The second-order valence-electron chi connectivity index (χ2n) is 13.0. The average Bonchev–Trinajstić information content (AvgIpc) is 3.53. The molecule has 0 aliphatic rings. The quantitative estimate of drug-likeness (QED) is 0.187. The van der Waals surface area contributed by atoms with Gasteiger partial charge in [-0.3, -0.25) is 0 Å².